The van der Waals surface area contributed by atoms with E-state index in [0.29, 0.717) is 73.9 Å². The van der Waals surface area contributed by atoms with Gasteiger partial charge in [0.2, 0.25) is 17.8 Å². The Kier molecular flexibility index (Phi) is 13.8. The summed E-state index contributed by atoms with van der Waals surface area (Å²) in [4.78, 5) is 70.2. The number of benzene rings is 2. The SMILES string of the molecule is CCn1nc(C)cc1C(=O)Nc1nc2cc(C(N)=O)cc(OC)c2n1C/C=C/CNc1c(OCCCN2CCN(C(=O)OC(C)(C)C)CC2)cc(C(N)=O)cc1[N+](=O)[O-]. The average molecular weight is 818 g/mol. The molecule has 0 radical (unpaired) electrons. The van der Waals surface area contributed by atoms with E-state index in [0.717, 1.165) is 6.07 Å². The average Bonchev–Trinajstić information content (AvgIpc) is 3.74. The van der Waals surface area contributed by atoms with Crippen molar-refractivity contribution < 1.29 is 38.3 Å². The highest BCUT2D eigenvalue weighted by atomic mass is 16.6. The number of primary amides is 2. The van der Waals surface area contributed by atoms with E-state index in [-0.39, 0.29) is 54.3 Å². The van der Waals surface area contributed by atoms with Gasteiger partial charge in [-0.05, 0) is 65.3 Å². The number of nitro benzene ring substituents is 1. The van der Waals surface area contributed by atoms with Crippen LogP contribution in [0.1, 0.15) is 71.0 Å². The number of carbonyl (C=O) groups is 4. The number of nitrogens with two attached hydrogens (primary N) is 2. The summed E-state index contributed by atoms with van der Waals surface area (Å²) in [5.41, 5.74) is 12.1. The molecule has 59 heavy (non-hydrogen) atoms. The third-order valence-corrected chi connectivity index (χ3v) is 9.28. The number of piperazine rings is 1. The van der Waals surface area contributed by atoms with E-state index in [2.05, 4.69) is 25.6 Å². The number of rotatable bonds is 17. The number of fused-ring (bicyclic) bond motifs is 1. The molecular weight excluding hydrogens is 766 g/mol. The highest BCUT2D eigenvalue weighted by molar-refractivity contribution is 6.04. The number of nitrogens with zero attached hydrogens (tertiary/aromatic N) is 7. The lowest BCUT2D eigenvalue weighted by atomic mass is 10.1. The quantitative estimate of drug-likeness (QED) is 0.0511. The molecule has 0 bridgehead atoms. The molecule has 1 fully saturated rings. The summed E-state index contributed by atoms with van der Waals surface area (Å²) in [6.07, 6.45) is 3.67. The summed E-state index contributed by atoms with van der Waals surface area (Å²) in [6, 6.07) is 7.11. The lowest BCUT2D eigenvalue weighted by Crippen LogP contribution is -2.50. The van der Waals surface area contributed by atoms with E-state index < -0.39 is 33.9 Å². The zero-order chi connectivity index (χ0) is 43.0. The highest BCUT2D eigenvalue weighted by Gasteiger charge is 2.27. The molecule has 316 valence electrons. The second kappa shape index (κ2) is 18.7. The summed E-state index contributed by atoms with van der Waals surface area (Å²) in [5.74, 6) is -1.46. The van der Waals surface area contributed by atoms with Gasteiger partial charge in [0, 0.05) is 69.6 Å². The smallest absolute Gasteiger partial charge is 0.410 e. The molecule has 4 amide bonds. The van der Waals surface area contributed by atoms with Crippen molar-refractivity contribution in [2.24, 2.45) is 11.5 Å². The number of aryl methyl sites for hydroxylation is 2. The Morgan fingerprint density at radius 2 is 1.66 bits per heavy atom. The van der Waals surface area contributed by atoms with E-state index in [1.807, 2.05) is 27.7 Å². The van der Waals surface area contributed by atoms with Crippen molar-refractivity contribution in [1.29, 1.82) is 0 Å². The first-order chi connectivity index (χ1) is 28.0. The Balaban J connectivity index is 1.30. The van der Waals surface area contributed by atoms with E-state index in [1.54, 1.807) is 39.3 Å². The second-order valence-corrected chi connectivity index (χ2v) is 14.8. The van der Waals surface area contributed by atoms with Gasteiger partial charge >= 0.3 is 6.09 Å². The maximum Gasteiger partial charge on any atom is 0.410 e. The van der Waals surface area contributed by atoms with Crippen LogP contribution >= 0.6 is 0 Å². The predicted molar refractivity (Wildman–Crippen MR) is 219 cm³/mol. The molecule has 2 aromatic carbocycles. The Bertz CT molecular complexity index is 2250. The van der Waals surface area contributed by atoms with Crippen LogP contribution < -0.4 is 31.6 Å². The number of amides is 4. The van der Waals surface area contributed by atoms with Crippen molar-refractivity contribution in [3.63, 3.8) is 0 Å². The van der Waals surface area contributed by atoms with Gasteiger partial charge in [-0.25, -0.2) is 9.78 Å². The minimum absolute atomic E-state index is 0.0557. The molecule has 3 heterocycles. The standard InChI is InChI=1S/C39H51N11O9/c1-7-49-29(19-24(2)45-49)36(53)44-37-43-27-20-25(34(40)51)23-31(57-6)33(27)48(37)13-9-8-11-42-32-28(50(55)56)21-26(35(41)52)22-30(32)58-18-10-12-46-14-16-47(17-15-46)38(54)59-39(3,4)5/h8-9,19-23,42H,7,10-18H2,1-6H3,(H2,40,51)(H2,41,52)(H,43,44,53)/b9-8+. The number of hydrogen-bond donors (Lipinski definition) is 4. The Morgan fingerprint density at radius 1 is 0.983 bits per heavy atom. The molecule has 0 aliphatic carbocycles. The van der Waals surface area contributed by atoms with E-state index in [1.165, 1.54) is 25.3 Å². The number of methoxy groups -OCH3 is 1. The van der Waals surface area contributed by atoms with Crippen LogP contribution in [0.2, 0.25) is 0 Å². The maximum absolute atomic E-state index is 13.5. The van der Waals surface area contributed by atoms with Crippen molar-refractivity contribution in [3.05, 3.63) is 75.1 Å². The van der Waals surface area contributed by atoms with Gasteiger partial charge in [0.05, 0.1) is 29.9 Å². The number of imidazole rings is 1. The lowest BCUT2D eigenvalue weighted by molar-refractivity contribution is -0.384. The van der Waals surface area contributed by atoms with Gasteiger partial charge in [0.25, 0.3) is 11.6 Å². The van der Waals surface area contributed by atoms with Gasteiger partial charge in [-0.3, -0.25) is 39.4 Å². The van der Waals surface area contributed by atoms with Crippen LogP contribution in [0.5, 0.6) is 11.5 Å². The molecule has 20 nitrogen and oxygen atoms in total. The van der Waals surface area contributed by atoms with Crippen LogP contribution in [0.25, 0.3) is 11.0 Å². The zero-order valence-electron chi connectivity index (χ0n) is 34.1. The van der Waals surface area contributed by atoms with E-state index in [4.69, 9.17) is 25.7 Å². The summed E-state index contributed by atoms with van der Waals surface area (Å²) in [5, 5.41) is 22.5. The van der Waals surface area contributed by atoms with Gasteiger partial charge < -0.3 is 40.5 Å². The Hall–Kier alpha value is -6.70. The van der Waals surface area contributed by atoms with Gasteiger partial charge in [-0.2, -0.15) is 5.10 Å². The number of aromatic nitrogens is 4. The van der Waals surface area contributed by atoms with Gasteiger partial charge in [-0.15, -0.1) is 0 Å². The third-order valence-electron chi connectivity index (χ3n) is 9.28. The molecule has 2 aromatic heterocycles. The molecule has 0 atom stereocenters. The molecular formula is C39H51N11O9. The fourth-order valence-corrected chi connectivity index (χ4v) is 6.49. The van der Waals surface area contributed by atoms with Crippen LogP contribution in [0.3, 0.4) is 0 Å². The molecule has 1 aliphatic rings. The molecule has 1 saturated heterocycles. The lowest BCUT2D eigenvalue weighted by Gasteiger charge is -2.35. The molecule has 6 N–H and O–H groups in total. The molecule has 4 aromatic rings. The first-order valence-electron chi connectivity index (χ1n) is 19.1. The predicted octanol–water partition coefficient (Wildman–Crippen LogP) is 3.92. The monoisotopic (exact) mass is 817 g/mol. The summed E-state index contributed by atoms with van der Waals surface area (Å²) >= 11 is 0. The van der Waals surface area contributed by atoms with Gasteiger partial charge in [-0.1, -0.05) is 12.2 Å². The van der Waals surface area contributed by atoms with Crippen molar-refractivity contribution in [1.82, 2.24) is 29.1 Å². The number of allylic oxidation sites excluding steroid dienone is 1. The number of ether oxygens (including phenoxy) is 3. The van der Waals surface area contributed by atoms with Crippen molar-refractivity contribution in [2.45, 2.75) is 59.7 Å². The number of nitro groups is 1. The zero-order valence-corrected chi connectivity index (χ0v) is 34.1. The highest BCUT2D eigenvalue weighted by Crippen LogP contribution is 2.36. The normalized spacial score (nSPS) is 13.4. The fourth-order valence-electron chi connectivity index (χ4n) is 6.49. The molecule has 20 heteroatoms. The number of nitrogens with one attached hydrogen (secondary N) is 2. The van der Waals surface area contributed by atoms with Crippen molar-refractivity contribution in [2.75, 3.05) is 63.6 Å². The Morgan fingerprint density at radius 3 is 2.29 bits per heavy atom. The number of carbonyl (C=O) groups excluding carboxylic acids is 4. The first kappa shape index (κ1) is 43.4. The summed E-state index contributed by atoms with van der Waals surface area (Å²) in [6.45, 7) is 13.0. The molecule has 0 spiro atoms. The molecule has 0 unspecified atom stereocenters. The summed E-state index contributed by atoms with van der Waals surface area (Å²) in [7, 11) is 1.43. The van der Waals surface area contributed by atoms with Crippen LogP contribution in [0.4, 0.5) is 22.1 Å². The first-order valence-corrected chi connectivity index (χ1v) is 19.1. The molecule has 1 aliphatic heterocycles. The Labute approximate surface area is 340 Å². The fraction of sp³-hybridized carbons (Fsp3) is 0.436. The van der Waals surface area contributed by atoms with Gasteiger partial charge in [0.1, 0.15) is 28.3 Å². The summed E-state index contributed by atoms with van der Waals surface area (Å²) < 4.78 is 20.4. The third kappa shape index (κ3) is 10.8. The molecule has 0 saturated carbocycles. The number of anilines is 2. The van der Waals surface area contributed by atoms with Crippen molar-refractivity contribution >= 4 is 52.2 Å². The topological polar surface area (TPSA) is 257 Å². The van der Waals surface area contributed by atoms with Crippen LogP contribution in [-0.4, -0.2) is 116 Å². The maximum atomic E-state index is 13.5. The van der Waals surface area contributed by atoms with Crippen LogP contribution in [-0.2, 0) is 17.8 Å². The second-order valence-electron chi connectivity index (χ2n) is 14.8. The molecule has 5 rings (SSSR count). The minimum Gasteiger partial charge on any atom is -0.494 e. The van der Waals surface area contributed by atoms with Crippen molar-refractivity contribution in [3.8, 4) is 11.5 Å². The van der Waals surface area contributed by atoms with E-state index >= 15 is 0 Å². The number of hydrogen-bond acceptors (Lipinski definition) is 13. The van der Waals surface area contributed by atoms with E-state index in [9.17, 15) is 29.3 Å². The van der Waals surface area contributed by atoms with Crippen LogP contribution in [0, 0.1) is 17.0 Å². The minimum atomic E-state index is -0.852. The van der Waals surface area contributed by atoms with Crippen LogP contribution in [0.15, 0.2) is 42.5 Å². The van der Waals surface area contributed by atoms with Gasteiger partial charge in [0.15, 0.2) is 5.69 Å². The largest absolute Gasteiger partial charge is 0.494 e.